The third-order valence-electron chi connectivity index (χ3n) is 3.53. The van der Waals surface area contributed by atoms with Crippen molar-refractivity contribution in [2.75, 3.05) is 0 Å². The van der Waals surface area contributed by atoms with Crippen LogP contribution in [0.2, 0.25) is 0 Å². The lowest BCUT2D eigenvalue weighted by atomic mass is 9.95. The van der Waals surface area contributed by atoms with E-state index in [2.05, 4.69) is 0 Å². The topological polar surface area (TPSA) is 60.2 Å². The molecule has 1 aliphatic carbocycles. The molecule has 0 N–H and O–H groups in total. The summed E-state index contributed by atoms with van der Waals surface area (Å²) in [7, 11) is 0. The molecule has 2 aromatic carbocycles. The van der Waals surface area contributed by atoms with Crippen molar-refractivity contribution in [3.8, 4) is 0 Å². The van der Waals surface area contributed by atoms with Crippen LogP contribution in [0.15, 0.2) is 48.5 Å². The van der Waals surface area contributed by atoms with Crippen LogP contribution in [0.25, 0.3) is 0 Å². The van der Waals surface area contributed by atoms with Crippen LogP contribution in [-0.4, -0.2) is 10.7 Å². The number of fused-ring (bicyclic) bond motifs is 1. The van der Waals surface area contributed by atoms with Gasteiger partial charge in [0.05, 0.1) is 10.8 Å². The molecule has 0 amide bonds. The summed E-state index contributed by atoms with van der Waals surface area (Å²) < 4.78 is 0. The molecular weight excluding hydrogens is 242 g/mol. The predicted octanol–water partition coefficient (Wildman–Crippen LogP) is 3.12. The van der Waals surface area contributed by atoms with Crippen LogP contribution >= 0.6 is 0 Å². The van der Waals surface area contributed by atoms with Crippen LogP contribution < -0.4 is 0 Å². The fraction of sp³-hybridized carbons (Fsp3) is 0.133. The van der Waals surface area contributed by atoms with E-state index in [1.165, 1.54) is 12.1 Å². The molecule has 0 radical (unpaired) electrons. The zero-order valence-corrected chi connectivity index (χ0v) is 10.1. The van der Waals surface area contributed by atoms with Crippen LogP contribution in [-0.2, 0) is 6.42 Å². The van der Waals surface area contributed by atoms with Crippen LogP contribution in [0.3, 0.4) is 0 Å². The van der Waals surface area contributed by atoms with Gasteiger partial charge in [-0.1, -0.05) is 36.4 Å². The molecular formula is C15H11NO3. The molecule has 2 aromatic rings. The second kappa shape index (κ2) is 4.31. The third-order valence-corrected chi connectivity index (χ3v) is 3.53. The van der Waals surface area contributed by atoms with Crippen LogP contribution in [0.4, 0.5) is 5.69 Å². The minimum absolute atomic E-state index is 0.0479. The molecule has 0 saturated heterocycles. The summed E-state index contributed by atoms with van der Waals surface area (Å²) in [5.74, 6) is -0.109. The van der Waals surface area contributed by atoms with Gasteiger partial charge in [0.1, 0.15) is 0 Å². The summed E-state index contributed by atoms with van der Waals surface area (Å²) in [6.45, 7) is 0. The van der Waals surface area contributed by atoms with Crippen molar-refractivity contribution in [3.63, 3.8) is 0 Å². The first-order chi connectivity index (χ1) is 9.16. The molecule has 0 heterocycles. The molecule has 0 unspecified atom stereocenters. The number of hydrogen-bond acceptors (Lipinski definition) is 3. The highest BCUT2D eigenvalue weighted by molar-refractivity contribution is 6.05. The van der Waals surface area contributed by atoms with Gasteiger partial charge in [-0.2, -0.15) is 0 Å². The molecule has 4 nitrogen and oxygen atoms in total. The van der Waals surface area contributed by atoms with Crippen molar-refractivity contribution in [1.82, 2.24) is 0 Å². The van der Waals surface area contributed by atoms with Crippen LogP contribution in [0.5, 0.6) is 0 Å². The second-order valence-electron chi connectivity index (χ2n) is 4.63. The molecule has 0 bridgehead atoms. The first-order valence-electron chi connectivity index (χ1n) is 6.03. The second-order valence-corrected chi connectivity index (χ2v) is 4.63. The highest BCUT2D eigenvalue weighted by Crippen LogP contribution is 2.34. The zero-order chi connectivity index (χ0) is 13.4. The highest BCUT2D eigenvalue weighted by Gasteiger charge is 2.31. The van der Waals surface area contributed by atoms with Crippen LogP contribution in [0.1, 0.15) is 27.4 Å². The van der Waals surface area contributed by atoms with Gasteiger partial charge in [0.15, 0.2) is 5.78 Å². The van der Waals surface area contributed by atoms with E-state index in [9.17, 15) is 14.9 Å². The van der Waals surface area contributed by atoms with E-state index in [4.69, 9.17) is 0 Å². The molecule has 0 saturated carbocycles. The van der Waals surface area contributed by atoms with Crippen molar-refractivity contribution < 1.29 is 9.72 Å². The van der Waals surface area contributed by atoms with E-state index in [-0.39, 0.29) is 17.4 Å². The Morgan fingerprint density at radius 2 is 1.74 bits per heavy atom. The number of rotatable bonds is 2. The molecule has 0 spiro atoms. The maximum atomic E-state index is 12.3. The Kier molecular flexibility index (Phi) is 2.63. The van der Waals surface area contributed by atoms with Gasteiger partial charge in [0.25, 0.3) is 5.69 Å². The summed E-state index contributed by atoms with van der Waals surface area (Å²) >= 11 is 0. The molecule has 0 aromatic heterocycles. The summed E-state index contributed by atoms with van der Waals surface area (Å²) in [6.07, 6.45) is 0.673. The minimum atomic E-state index is -0.436. The maximum Gasteiger partial charge on any atom is 0.269 e. The normalized spacial score (nSPS) is 17.3. The first-order valence-corrected chi connectivity index (χ1v) is 6.03. The van der Waals surface area contributed by atoms with Gasteiger partial charge in [-0.05, 0) is 17.5 Å². The number of nitro benzene ring substituents is 1. The molecule has 19 heavy (non-hydrogen) atoms. The van der Waals surface area contributed by atoms with Crippen molar-refractivity contribution in [2.24, 2.45) is 0 Å². The Morgan fingerprint density at radius 1 is 1.05 bits per heavy atom. The number of nitrogens with zero attached hydrogens (tertiary/aromatic N) is 1. The summed E-state index contributed by atoms with van der Waals surface area (Å²) in [4.78, 5) is 22.5. The van der Waals surface area contributed by atoms with Gasteiger partial charge in [0, 0.05) is 17.7 Å². The van der Waals surface area contributed by atoms with Crippen LogP contribution in [0, 0.1) is 10.1 Å². The predicted molar refractivity (Wildman–Crippen MR) is 70.3 cm³/mol. The molecule has 94 valence electrons. The summed E-state index contributed by atoms with van der Waals surface area (Å²) in [5.41, 5.74) is 2.71. The number of carbonyl (C=O) groups is 1. The summed E-state index contributed by atoms with van der Waals surface area (Å²) in [6, 6.07) is 13.8. The quantitative estimate of drug-likeness (QED) is 0.610. The number of Topliss-reactive ketones (excluding diaryl/α,β-unsaturated/α-hetero) is 1. The smallest absolute Gasteiger partial charge is 0.269 e. The maximum absolute atomic E-state index is 12.3. The lowest BCUT2D eigenvalue weighted by Crippen LogP contribution is -2.06. The lowest BCUT2D eigenvalue weighted by Gasteiger charge is -2.07. The van der Waals surface area contributed by atoms with Gasteiger partial charge < -0.3 is 0 Å². The monoisotopic (exact) mass is 253 g/mol. The fourth-order valence-electron chi connectivity index (χ4n) is 2.54. The number of hydrogen-bond donors (Lipinski definition) is 0. The Labute approximate surface area is 109 Å². The number of non-ortho nitro benzene ring substituents is 1. The number of carbonyl (C=O) groups excluding carboxylic acids is 1. The van der Waals surface area contributed by atoms with E-state index in [0.717, 1.165) is 16.7 Å². The Balaban J connectivity index is 1.93. The van der Waals surface area contributed by atoms with Crippen molar-refractivity contribution in [3.05, 3.63) is 75.3 Å². The van der Waals surface area contributed by atoms with Gasteiger partial charge >= 0.3 is 0 Å². The molecule has 4 heteroatoms. The number of ketones is 1. The Bertz CT molecular complexity index is 661. The minimum Gasteiger partial charge on any atom is -0.293 e. The van der Waals surface area contributed by atoms with Gasteiger partial charge in [-0.3, -0.25) is 14.9 Å². The van der Waals surface area contributed by atoms with Crippen molar-refractivity contribution >= 4 is 11.5 Å². The molecule has 3 rings (SSSR count). The zero-order valence-electron chi connectivity index (χ0n) is 10.1. The Morgan fingerprint density at radius 3 is 2.37 bits per heavy atom. The Hall–Kier alpha value is -2.49. The lowest BCUT2D eigenvalue weighted by molar-refractivity contribution is -0.384. The average molecular weight is 253 g/mol. The standard InChI is InChI=1S/C15H11NO3/c17-15-13-4-2-1-3-11(13)9-14(15)10-5-7-12(8-6-10)16(18)19/h1-8,14H,9H2/t14-/m0/s1. The van der Waals surface area contributed by atoms with Gasteiger partial charge in [0.2, 0.25) is 0 Å². The van der Waals surface area contributed by atoms with E-state index >= 15 is 0 Å². The largest absolute Gasteiger partial charge is 0.293 e. The third kappa shape index (κ3) is 1.91. The first kappa shape index (κ1) is 11.6. The summed E-state index contributed by atoms with van der Waals surface area (Å²) in [5, 5.41) is 10.6. The van der Waals surface area contributed by atoms with Gasteiger partial charge in [-0.25, -0.2) is 0 Å². The van der Waals surface area contributed by atoms with E-state index in [1.54, 1.807) is 12.1 Å². The average Bonchev–Trinajstić information content (AvgIpc) is 2.77. The number of benzene rings is 2. The SMILES string of the molecule is O=C1c2ccccc2C[C@H]1c1ccc([N+](=O)[O-])cc1. The van der Waals surface area contributed by atoms with Gasteiger partial charge in [-0.15, -0.1) is 0 Å². The molecule has 0 fully saturated rings. The van der Waals surface area contributed by atoms with E-state index in [0.29, 0.717) is 6.42 Å². The number of nitro groups is 1. The highest BCUT2D eigenvalue weighted by atomic mass is 16.6. The molecule has 1 aliphatic rings. The van der Waals surface area contributed by atoms with E-state index < -0.39 is 4.92 Å². The van der Waals surface area contributed by atoms with Crippen molar-refractivity contribution in [1.29, 1.82) is 0 Å². The molecule has 1 atom stereocenters. The molecule has 0 aliphatic heterocycles. The van der Waals surface area contributed by atoms with Crippen molar-refractivity contribution in [2.45, 2.75) is 12.3 Å². The fourth-order valence-corrected chi connectivity index (χ4v) is 2.54. The van der Waals surface area contributed by atoms with E-state index in [1.807, 2.05) is 24.3 Å².